The van der Waals surface area contributed by atoms with Crippen molar-refractivity contribution in [1.82, 2.24) is 4.98 Å². The molecule has 1 amide bonds. The fourth-order valence-electron chi connectivity index (χ4n) is 2.72. The van der Waals surface area contributed by atoms with E-state index in [0.717, 1.165) is 16.1 Å². The molecule has 0 saturated heterocycles. The molecule has 0 spiro atoms. The number of carbonyl (C=O) groups excluding carboxylic acids is 2. The van der Waals surface area contributed by atoms with Gasteiger partial charge in [0.15, 0.2) is 23.8 Å². The summed E-state index contributed by atoms with van der Waals surface area (Å²) in [6.45, 7) is 2.55. The smallest absolute Gasteiger partial charge is 0.358 e. The number of esters is 1. The number of carbonyl (C=O) groups is 2. The van der Waals surface area contributed by atoms with Crippen LogP contribution in [0, 0.1) is 6.92 Å². The minimum atomic E-state index is -0.642. The van der Waals surface area contributed by atoms with E-state index in [0.29, 0.717) is 30.4 Å². The van der Waals surface area contributed by atoms with Crippen LogP contribution in [0.4, 0.5) is 5.69 Å². The van der Waals surface area contributed by atoms with Crippen LogP contribution in [-0.2, 0) is 9.53 Å². The number of thiazole rings is 1. The van der Waals surface area contributed by atoms with Crippen LogP contribution in [0.1, 0.15) is 16.1 Å². The molecule has 1 aliphatic heterocycles. The number of fused-ring (bicyclic) bond motifs is 1. The van der Waals surface area contributed by atoms with Gasteiger partial charge in [0.05, 0.1) is 0 Å². The normalized spacial score (nSPS) is 12.3. The molecule has 0 radical (unpaired) electrons. The zero-order valence-electron chi connectivity index (χ0n) is 15.6. The van der Waals surface area contributed by atoms with E-state index in [1.807, 2.05) is 31.2 Å². The molecule has 8 heteroatoms. The molecular weight excluding hydrogens is 392 g/mol. The van der Waals surface area contributed by atoms with Crippen molar-refractivity contribution in [2.24, 2.45) is 0 Å². The van der Waals surface area contributed by atoms with Crippen LogP contribution in [0.5, 0.6) is 11.5 Å². The van der Waals surface area contributed by atoms with Crippen LogP contribution in [0.25, 0.3) is 10.6 Å². The van der Waals surface area contributed by atoms with Gasteiger partial charge in [-0.05, 0) is 19.1 Å². The van der Waals surface area contributed by atoms with Crippen LogP contribution < -0.4 is 14.8 Å². The lowest BCUT2D eigenvalue weighted by Gasteiger charge is -2.18. The average Bonchev–Trinajstić information content (AvgIpc) is 3.23. The standard InChI is InChI=1S/C21H18N2O5S/c1-13-2-4-14(5-3-13)20-23-16(12-29-20)21(25)28-11-19(24)22-15-6-7-17-18(10-15)27-9-8-26-17/h2-7,10,12H,8-9,11H2,1H3,(H,22,24). The first-order chi connectivity index (χ1) is 14.1. The van der Waals surface area contributed by atoms with Gasteiger partial charge in [0.25, 0.3) is 5.91 Å². The number of amides is 1. The maximum absolute atomic E-state index is 12.2. The Morgan fingerprint density at radius 3 is 2.66 bits per heavy atom. The zero-order valence-corrected chi connectivity index (χ0v) is 16.5. The SMILES string of the molecule is Cc1ccc(-c2nc(C(=O)OCC(=O)Nc3ccc4c(c3)OCCO4)cs2)cc1. The number of aromatic nitrogens is 1. The second-order valence-electron chi connectivity index (χ2n) is 6.39. The molecule has 0 bridgehead atoms. The Kier molecular flexibility index (Phi) is 5.44. The monoisotopic (exact) mass is 410 g/mol. The van der Waals surface area contributed by atoms with Gasteiger partial charge >= 0.3 is 5.97 Å². The molecule has 29 heavy (non-hydrogen) atoms. The second-order valence-corrected chi connectivity index (χ2v) is 7.24. The molecule has 0 unspecified atom stereocenters. The number of ether oxygens (including phenoxy) is 3. The zero-order chi connectivity index (χ0) is 20.2. The first kappa shape index (κ1) is 18.9. The van der Waals surface area contributed by atoms with Gasteiger partial charge in [-0.2, -0.15) is 0 Å². The van der Waals surface area contributed by atoms with Crippen molar-refractivity contribution < 1.29 is 23.8 Å². The molecule has 2 aromatic carbocycles. The first-order valence-corrected chi connectivity index (χ1v) is 9.85. The van der Waals surface area contributed by atoms with Crippen molar-refractivity contribution in [1.29, 1.82) is 0 Å². The number of hydrogen-bond donors (Lipinski definition) is 1. The lowest BCUT2D eigenvalue weighted by atomic mass is 10.2. The maximum Gasteiger partial charge on any atom is 0.358 e. The summed E-state index contributed by atoms with van der Waals surface area (Å²) in [6, 6.07) is 12.9. The van der Waals surface area contributed by atoms with E-state index in [-0.39, 0.29) is 5.69 Å². The number of nitrogens with zero attached hydrogens (tertiary/aromatic N) is 1. The highest BCUT2D eigenvalue weighted by molar-refractivity contribution is 7.13. The Labute approximate surface area is 171 Å². The predicted molar refractivity (Wildman–Crippen MR) is 109 cm³/mol. The van der Waals surface area contributed by atoms with Crippen LogP contribution in [0.2, 0.25) is 0 Å². The summed E-state index contributed by atoms with van der Waals surface area (Å²) in [7, 11) is 0. The van der Waals surface area contributed by atoms with Gasteiger partial charge in [-0.1, -0.05) is 29.8 Å². The molecule has 1 N–H and O–H groups in total. The van der Waals surface area contributed by atoms with Gasteiger partial charge in [-0.15, -0.1) is 11.3 Å². The van der Waals surface area contributed by atoms with Crippen LogP contribution in [0.15, 0.2) is 47.8 Å². The lowest BCUT2D eigenvalue weighted by molar-refractivity contribution is -0.119. The van der Waals surface area contributed by atoms with Crippen molar-refractivity contribution in [2.45, 2.75) is 6.92 Å². The Bertz CT molecular complexity index is 1050. The molecule has 0 atom stereocenters. The Morgan fingerprint density at radius 1 is 1.10 bits per heavy atom. The van der Waals surface area contributed by atoms with Gasteiger partial charge in [-0.3, -0.25) is 4.79 Å². The molecule has 0 aliphatic carbocycles. The minimum Gasteiger partial charge on any atom is -0.486 e. The van der Waals surface area contributed by atoms with Gasteiger partial charge < -0.3 is 19.5 Å². The van der Waals surface area contributed by atoms with E-state index in [4.69, 9.17) is 14.2 Å². The summed E-state index contributed by atoms with van der Waals surface area (Å²) in [6.07, 6.45) is 0. The van der Waals surface area contributed by atoms with Crippen LogP contribution >= 0.6 is 11.3 Å². The third kappa shape index (κ3) is 4.55. The topological polar surface area (TPSA) is 86.8 Å². The first-order valence-electron chi connectivity index (χ1n) is 8.98. The molecule has 7 nitrogen and oxygen atoms in total. The summed E-state index contributed by atoms with van der Waals surface area (Å²) >= 11 is 1.35. The molecule has 1 aromatic heterocycles. The lowest BCUT2D eigenvalue weighted by Crippen LogP contribution is -2.21. The van der Waals surface area contributed by atoms with E-state index >= 15 is 0 Å². The second kappa shape index (κ2) is 8.32. The number of hydrogen-bond acceptors (Lipinski definition) is 7. The van der Waals surface area contributed by atoms with Gasteiger partial charge in [-0.25, -0.2) is 9.78 Å². The molecule has 3 aromatic rings. The summed E-state index contributed by atoms with van der Waals surface area (Å²) in [5, 5.41) is 5.01. The van der Waals surface area contributed by atoms with Crippen LogP contribution in [-0.4, -0.2) is 36.7 Å². The highest BCUT2D eigenvalue weighted by Crippen LogP contribution is 2.32. The molecule has 2 heterocycles. The van der Waals surface area contributed by atoms with E-state index in [9.17, 15) is 9.59 Å². The molecule has 1 aliphatic rings. The molecule has 148 valence electrons. The predicted octanol–water partition coefficient (Wildman–Crippen LogP) is 3.69. The third-order valence-corrected chi connectivity index (χ3v) is 5.06. The number of anilines is 1. The fraction of sp³-hybridized carbons (Fsp3) is 0.190. The summed E-state index contributed by atoms with van der Waals surface area (Å²) in [5.41, 5.74) is 2.79. The average molecular weight is 410 g/mol. The minimum absolute atomic E-state index is 0.178. The number of rotatable bonds is 5. The highest BCUT2D eigenvalue weighted by atomic mass is 32.1. The molecule has 0 saturated carbocycles. The maximum atomic E-state index is 12.2. The van der Waals surface area contributed by atoms with E-state index < -0.39 is 18.5 Å². The van der Waals surface area contributed by atoms with Crippen molar-refractivity contribution in [3.05, 3.63) is 59.1 Å². The van der Waals surface area contributed by atoms with Crippen molar-refractivity contribution in [3.8, 4) is 22.1 Å². The largest absolute Gasteiger partial charge is 0.486 e. The van der Waals surface area contributed by atoms with Gasteiger partial charge in [0.1, 0.15) is 18.2 Å². The summed E-state index contributed by atoms with van der Waals surface area (Å²) in [5.74, 6) is 0.103. The summed E-state index contributed by atoms with van der Waals surface area (Å²) in [4.78, 5) is 28.6. The Hall–Kier alpha value is -3.39. The number of aryl methyl sites for hydroxylation is 1. The molecular formula is C21H18N2O5S. The highest BCUT2D eigenvalue weighted by Gasteiger charge is 2.16. The number of nitrogens with one attached hydrogen (secondary N) is 1. The van der Waals surface area contributed by atoms with Gasteiger partial charge in [0.2, 0.25) is 0 Å². The fourth-order valence-corrected chi connectivity index (χ4v) is 3.51. The van der Waals surface area contributed by atoms with Gasteiger partial charge in [0, 0.05) is 22.7 Å². The molecule has 0 fully saturated rings. The van der Waals surface area contributed by atoms with Crippen LogP contribution in [0.3, 0.4) is 0 Å². The quantitative estimate of drug-likeness (QED) is 0.646. The Morgan fingerprint density at radius 2 is 1.86 bits per heavy atom. The number of benzene rings is 2. The van der Waals surface area contributed by atoms with E-state index in [1.165, 1.54) is 11.3 Å². The Balaban J connectivity index is 1.32. The van der Waals surface area contributed by atoms with E-state index in [1.54, 1.807) is 23.6 Å². The van der Waals surface area contributed by atoms with Crippen molar-refractivity contribution in [3.63, 3.8) is 0 Å². The molecule has 4 rings (SSSR count). The van der Waals surface area contributed by atoms with Crippen molar-refractivity contribution >= 4 is 28.9 Å². The third-order valence-electron chi connectivity index (χ3n) is 4.17. The summed E-state index contributed by atoms with van der Waals surface area (Å²) < 4.78 is 16.0. The van der Waals surface area contributed by atoms with E-state index in [2.05, 4.69) is 10.3 Å². The van der Waals surface area contributed by atoms with Crippen molar-refractivity contribution in [2.75, 3.05) is 25.1 Å².